The van der Waals surface area contributed by atoms with Gasteiger partial charge in [0.25, 0.3) is 0 Å². The van der Waals surface area contributed by atoms with E-state index in [9.17, 15) is 0 Å². The van der Waals surface area contributed by atoms with Gasteiger partial charge in [0, 0.05) is 5.92 Å². The third-order valence-corrected chi connectivity index (χ3v) is 2.20. The van der Waals surface area contributed by atoms with Gasteiger partial charge in [0.2, 0.25) is 0 Å². The van der Waals surface area contributed by atoms with Crippen LogP contribution in [-0.2, 0) is 0 Å². The average molecular weight is 167 g/mol. The summed E-state index contributed by atoms with van der Waals surface area (Å²) in [6.45, 7) is 8.53. The highest BCUT2D eigenvalue weighted by atomic mass is 16.3. The van der Waals surface area contributed by atoms with Crippen LogP contribution in [0.2, 0.25) is 0 Å². The van der Waals surface area contributed by atoms with Gasteiger partial charge in [-0.3, -0.25) is 0 Å². The van der Waals surface area contributed by atoms with Crippen molar-refractivity contribution in [3.8, 4) is 0 Å². The Morgan fingerprint density at radius 1 is 1.50 bits per heavy atom. The molecule has 0 bridgehead atoms. The third-order valence-electron chi connectivity index (χ3n) is 2.20. The second-order valence-electron chi connectivity index (χ2n) is 3.59. The summed E-state index contributed by atoms with van der Waals surface area (Å²) >= 11 is 0. The average Bonchev–Trinajstić information content (AvgIpc) is 2.37. The Morgan fingerprint density at radius 3 is 2.50 bits per heavy atom. The maximum absolute atomic E-state index is 5.37. The molecule has 0 aliphatic carbocycles. The standard InChI is InChI=1S/C10H17NO/c1-5-9(7(2)3)10-11-8(4)6-12-10/h6-7,9H,5H2,1-4H3. The molecule has 68 valence electrons. The van der Waals surface area contributed by atoms with Crippen molar-refractivity contribution in [3.63, 3.8) is 0 Å². The van der Waals surface area contributed by atoms with Crippen molar-refractivity contribution in [2.45, 2.75) is 40.0 Å². The fraction of sp³-hybridized carbons (Fsp3) is 0.700. The first kappa shape index (κ1) is 9.30. The zero-order valence-electron chi connectivity index (χ0n) is 8.29. The molecule has 0 saturated carbocycles. The summed E-state index contributed by atoms with van der Waals surface area (Å²) in [5.74, 6) is 1.97. The molecule has 2 nitrogen and oxygen atoms in total. The Labute approximate surface area is 74.0 Å². The zero-order valence-corrected chi connectivity index (χ0v) is 8.29. The number of oxazole rings is 1. The molecule has 1 atom stereocenters. The molecule has 0 aliphatic rings. The van der Waals surface area contributed by atoms with Crippen LogP contribution in [0.5, 0.6) is 0 Å². The van der Waals surface area contributed by atoms with E-state index in [-0.39, 0.29) is 0 Å². The van der Waals surface area contributed by atoms with E-state index < -0.39 is 0 Å². The van der Waals surface area contributed by atoms with Gasteiger partial charge in [-0.25, -0.2) is 4.98 Å². The summed E-state index contributed by atoms with van der Waals surface area (Å²) in [6.07, 6.45) is 2.82. The molecule has 1 heterocycles. The molecule has 2 heteroatoms. The van der Waals surface area contributed by atoms with E-state index in [1.807, 2.05) is 6.92 Å². The van der Waals surface area contributed by atoms with Gasteiger partial charge in [-0.2, -0.15) is 0 Å². The van der Waals surface area contributed by atoms with Crippen LogP contribution in [0.4, 0.5) is 0 Å². The van der Waals surface area contributed by atoms with Gasteiger partial charge in [0.05, 0.1) is 5.69 Å². The van der Waals surface area contributed by atoms with Gasteiger partial charge in [-0.05, 0) is 19.3 Å². The lowest BCUT2D eigenvalue weighted by molar-refractivity contribution is 0.373. The minimum absolute atomic E-state index is 0.471. The van der Waals surface area contributed by atoms with E-state index in [1.54, 1.807) is 6.26 Å². The lowest BCUT2D eigenvalue weighted by Gasteiger charge is -2.14. The van der Waals surface area contributed by atoms with Crippen LogP contribution in [0.15, 0.2) is 10.7 Å². The number of aryl methyl sites for hydroxylation is 1. The van der Waals surface area contributed by atoms with Crippen molar-refractivity contribution in [2.75, 3.05) is 0 Å². The van der Waals surface area contributed by atoms with E-state index in [0.29, 0.717) is 11.8 Å². The van der Waals surface area contributed by atoms with Gasteiger partial charge in [-0.15, -0.1) is 0 Å². The molecule has 0 aliphatic heterocycles. The van der Waals surface area contributed by atoms with Crippen molar-refractivity contribution in [3.05, 3.63) is 17.8 Å². The molecule has 1 rings (SSSR count). The molecule has 0 N–H and O–H groups in total. The Morgan fingerprint density at radius 2 is 2.17 bits per heavy atom. The molecule has 0 spiro atoms. The number of aromatic nitrogens is 1. The van der Waals surface area contributed by atoms with Crippen molar-refractivity contribution < 1.29 is 4.42 Å². The molecule has 0 amide bonds. The Bertz CT molecular complexity index is 240. The molecular weight excluding hydrogens is 150 g/mol. The summed E-state index contributed by atoms with van der Waals surface area (Å²) in [5, 5.41) is 0. The lowest BCUT2D eigenvalue weighted by atomic mass is 9.93. The van der Waals surface area contributed by atoms with Crippen molar-refractivity contribution in [1.29, 1.82) is 0 Å². The van der Waals surface area contributed by atoms with Crippen LogP contribution >= 0.6 is 0 Å². The summed E-state index contributed by atoms with van der Waals surface area (Å²) in [5.41, 5.74) is 0.976. The zero-order chi connectivity index (χ0) is 9.14. The van der Waals surface area contributed by atoms with Gasteiger partial charge in [0.1, 0.15) is 6.26 Å². The second kappa shape index (κ2) is 3.74. The van der Waals surface area contributed by atoms with E-state index in [2.05, 4.69) is 25.8 Å². The highest BCUT2D eigenvalue weighted by Crippen LogP contribution is 2.26. The molecule has 0 fully saturated rings. The molecule has 0 radical (unpaired) electrons. The van der Waals surface area contributed by atoms with Crippen LogP contribution in [0, 0.1) is 12.8 Å². The highest BCUT2D eigenvalue weighted by molar-refractivity contribution is 4.99. The van der Waals surface area contributed by atoms with Crippen LogP contribution in [0.3, 0.4) is 0 Å². The molecule has 12 heavy (non-hydrogen) atoms. The molecule has 0 aromatic carbocycles. The fourth-order valence-electron chi connectivity index (χ4n) is 1.47. The maximum atomic E-state index is 5.37. The van der Waals surface area contributed by atoms with E-state index in [4.69, 9.17) is 4.42 Å². The number of hydrogen-bond acceptors (Lipinski definition) is 2. The van der Waals surface area contributed by atoms with Crippen LogP contribution in [0.25, 0.3) is 0 Å². The Kier molecular flexibility index (Phi) is 2.90. The first-order valence-electron chi connectivity index (χ1n) is 4.57. The first-order valence-corrected chi connectivity index (χ1v) is 4.57. The van der Waals surface area contributed by atoms with Crippen LogP contribution in [-0.4, -0.2) is 4.98 Å². The molecule has 0 saturated heterocycles. The largest absolute Gasteiger partial charge is 0.448 e. The highest BCUT2D eigenvalue weighted by Gasteiger charge is 2.18. The maximum Gasteiger partial charge on any atom is 0.197 e. The van der Waals surface area contributed by atoms with E-state index in [0.717, 1.165) is 18.0 Å². The fourth-order valence-corrected chi connectivity index (χ4v) is 1.47. The molecule has 1 aromatic heterocycles. The molecule has 1 unspecified atom stereocenters. The van der Waals surface area contributed by atoms with Gasteiger partial charge >= 0.3 is 0 Å². The van der Waals surface area contributed by atoms with Gasteiger partial charge < -0.3 is 4.42 Å². The van der Waals surface area contributed by atoms with Crippen LogP contribution < -0.4 is 0 Å². The van der Waals surface area contributed by atoms with Crippen molar-refractivity contribution in [2.24, 2.45) is 5.92 Å². The van der Waals surface area contributed by atoms with E-state index >= 15 is 0 Å². The summed E-state index contributed by atoms with van der Waals surface area (Å²) in [7, 11) is 0. The van der Waals surface area contributed by atoms with Gasteiger partial charge in [-0.1, -0.05) is 20.8 Å². The van der Waals surface area contributed by atoms with Crippen molar-refractivity contribution in [1.82, 2.24) is 4.98 Å². The number of nitrogens with zero attached hydrogens (tertiary/aromatic N) is 1. The topological polar surface area (TPSA) is 26.0 Å². The minimum Gasteiger partial charge on any atom is -0.448 e. The van der Waals surface area contributed by atoms with Crippen molar-refractivity contribution >= 4 is 0 Å². The number of hydrogen-bond donors (Lipinski definition) is 0. The Hall–Kier alpha value is -0.790. The third kappa shape index (κ3) is 1.87. The first-order chi connectivity index (χ1) is 5.65. The predicted molar refractivity (Wildman–Crippen MR) is 49.1 cm³/mol. The lowest BCUT2D eigenvalue weighted by Crippen LogP contribution is -2.05. The number of rotatable bonds is 3. The second-order valence-corrected chi connectivity index (χ2v) is 3.59. The minimum atomic E-state index is 0.471. The van der Waals surface area contributed by atoms with E-state index in [1.165, 1.54) is 0 Å². The SMILES string of the molecule is CCC(c1nc(C)co1)C(C)C. The normalized spacial score (nSPS) is 13.8. The smallest absolute Gasteiger partial charge is 0.197 e. The molecular formula is C10H17NO. The molecule has 1 aromatic rings. The summed E-state index contributed by atoms with van der Waals surface area (Å²) < 4.78 is 5.37. The predicted octanol–water partition coefficient (Wildman–Crippen LogP) is 3.13. The quantitative estimate of drug-likeness (QED) is 0.691. The van der Waals surface area contributed by atoms with Gasteiger partial charge in [0.15, 0.2) is 5.89 Å². The van der Waals surface area contributed by atoms with Crippen LogP contribution in [0.1, 0.15) is 44.7 Å². The summed E-state index contributed by atoms with van der Waals surface area (Å²) in [4.78, 5) is 4.34. The monoisotopic (exact) mass is 167 g/mol. The Balaban J connectivity index is 2.80. The summed E-state index contributed by atoms with van der Waals surface area (Å²) in [6, 6.07) is 0.